The number of nitrogens with zero attached hydrogens (tertiary/aromatic N) is 3. The molecule has 0 aliphatic carbocycles. The number of hydrogen-bond donors (Lipinski definition) is 2. The molecule has 1 aliphatic rings. The number of carbonyl (C=O) groups is 2. The summed E-state index contributed by atoms with van der Waals surface area (Å²) in [4.78, 5) is 32.1. The summed E-state index contributed by atoms with van der Waals surface area (Å²) in [6.45, 7) is 8.05. The maximum atomic E-state index is 12.2. The molecule has 1 heterocycles. The van der Waals surface area contributed by atoms with Crippen molar-refractivity contribution >= 4 is 41.0 Å². The Kier molecular flexibility index (Phi) is 8.19. The van der Waals surface area contributed by atoms with Gasteiger partial charge in [-0.1, -0.05) is 23.2 Å². The predicted octanol–water partition coefficient (Wildman–Crippen LogP) is 1.85. The first kappa shape index (κ1) is 21.3. The Hall–Kier alpha value is -1.99. The van der Waals surface area contributed by atoms with Crippen LogP contribution in [-0.2, 0) is 4.79 Å². The quantitative estimate of drug-likeness (QED) is 0.438. The molecule has 148 valence electrons. The smallest absolute Gasteiger partial charge is 0.251 e. The molecule has 0 unspecified atom stereocenters. The lowest BCUT2D eigenvalue weighted by atomic mass is 10.2. The minimum absolute atomic E-state index is 0.0987. The Labute approximate surface area is 169 Å². The SMILES string of the molecule is CCNC(=NCCNC(=O)c1ccc(Cl)c(Cl)c1)N1CCN(C(C)=O)CC1. The third kappa shape index (κ3) is 6.29. The van der Waals surface area contributed by atoms with Crippen LogP contribution in [0.15, 0.2) is 23.2 Å². The third-order valence-corrected chi connectivity index (χ3v) is 4.94. The molecule has 2 amide bonds. The average molecular weight is 414 g/mol. The summed E-state index contributed by atoms with van der Waals surface area (Å²) >= 11 is 11.8. The molecule has 1 saturated heterocycles. The second-order valence-electron chi connectivity index (χ2n) is 6.11. The molecule has 0 aromatic heterocycles. The van der Waals surface area contributed by atoms with Crippen LogP contribution < -0.4 is 10.6 Å². The fraction of sp³-hybridized carbons (Fsp3) is 0.500. The zero-order chi connectivity index (χ0) is 19.8. The first-order valence-corrected chi connectivity index (χ1v) is 9.70. The van der Waals surface area contributed by atoms with E-state index in [4.69, 9.17) is 23.2 Å². The summed E-state index contributed by atoms with van der Waals surface area (Å²) in [6, 6.07) is 4.77. The Morgan fingerprint density at radius 3 is 2.33 bits per heavy atom. The summed E-state index contributed by atoms with van der Waals surface area (Å²) in [6.07, 6.45) is 0. The van der Waals surface area contributed by atoms with Crippen LogP contribution in [0.25, 0.3) is 0 Å². The van der Waals surface area contributed by atoms with Gasteiger partial charge in [-0.3, -0.25) is 14.6 Å². The lowest BCUT2D eigenvalue weighted by Crippen LogP contribution is -2.53. The van der Waals surface area contributed by atoms with Crippen molar-refractivity contribution in [3.8, 4) is 0 Å². The van der Waals surface area contributed by atoms with E-state index in [1.165, 1.54) is 0 Å². The molecule has 1 aromatic carbocycles. The third-order valence-electron chi connectivity index (χ3n) is 4.20. The minimum Gasteiger partial charge on any atom is -0.357 e. The first-order chi connectivity index (χ1) is 12.9. The second-order valence-corrected chi connectivity index (χ2v) is 6.93. The highest BCUT2D eigenvalue weighted by Gasteiger charge is 2.20. The number of nitrogens with one attached hydrogen (secondary N) is 2. The summed E-state index contributed by atoms with van der Waals surface area (Å²) in [5.74, 6) is 0.676. The number of carbonyl (C=O) groups excluding carboxylic acids is 2. The number of piperazine rings is 1. The first-order valence-electron chi connectivity index (χ1n) is 8.94. The monoisotopic (exact) mass is 413 g/mol. The van der Waals surface area contributed by atoms with Crippen LogP contribution in [0.4, 0.5) is 0 Å². The van der Waals surface area contributed by atoms with Crippen molar-refractivity contribution < 1.29 is 9.59 Å². The van der Waals surface area contributed by atoms with Gasteiger partial charge in [-0.05, 0) is 25.1 Å². The molecule has 2 rings (SSSR count). The van der Waals surface area contributed by atoms with E-state index in [0.29, 0.717) is 41.8 Å². The van der Waals surface area contributed by atoms with Gasteiger partial charge in [0.2, 0.25) is 5.91 Å². The highest BCUT2D eigenvalue weighted by molar-refractivity contribution is 6.42. The Bertz CT molecular complexity index is 703. The van der Waals surface area contributed by atoms with Crippen LogP contribution in [-0.4, -0.2) is 73.4 Å². The van der Waals surface area contributed by atoms with Gasteiger partial charge in [0.05, 0.1) is 16.6 Å². The normalized spacial score (nSPS) is 14.9. The van der Waals surface area contributed by atoms with Crippen molar-refractivity contribution in [3.63, 3.8) is 0 Å². The van der Waals surface area contributed by atoms with Gasteiger partial charge in [-0.2, -0.15) is 0 Å². The molecular formula is C18H25Cl2N5O2. The topological polar surface area (TPSA) is 77.0 Å². The molecule has 0 saturated carbocycles. The number of aliphatic imine (C=N–C) groups is 1. The lowest BCUT2D eigenvalue weighted by molar-refractivity contribution is -0.130. The summed E-state index contributed by atoms with van der Waals surface area (Å²) < 4.78 is 0. The van der Waals surface area contributed by atoms with Gasteiger partial charge in [-0.15, -0.1) is 0 Å². The standard InChI is InChI=1S/C18H25Cl2N5O2/c1-3-21-18(25-10-8-24(9-11-25)13(2)26)23-7-6-22-17(27)14-4-5-15(19)16(20)12-14/h4-5,12H,3,6-11H2,1-2H3,(H,21,23)(H,22,27). The van der Waals surface area contributed by atoms with Gasteiger partial charge in [-0.25, -0.2) is 0 Å². The van der Waals surface area contributed by atoms with E-state index in [0.717, 1.165) is 25.6 Å². The number of hydrogen-bond acceptors (Lipinski definition) is 3. The molecular weight excluding hydrogens is 389 g/mol. The fourth-order valence-electron chi connectivity index (χ4n) is 2.73. The molecule has 1 fully saturated rings. The van der Waals surface area contributed by atoms with Gasteiger partial charge in [0.15, 0.2) is 5.96 Å². The van der Waals surface area contributed by atoms with E-state index >= 15 is 0 Å². The molecule has 7 nitrogen and oxygen atoms in total. The molecule has 1 aliphatic heterocycles. The number of amides is 2. The zero-order valence-electron chi connectivity index (χ0n) is 15.6. The van der Waals surface area contributed by atoms with Crippen LogP contribution in [0.5, 0.6) is 0 Å². The van der Waals surface area contributed by atoms with Crippen LogP contribution in [0.2, 0.25) is 10.0 Å². The molecule has 1 aromatic rings. The number of guanidine groups is 1. The summed E-state index contributed by atoms with van der Waals surface area (Å²) in [7, 11) is 0. The van der Waals surface area contributed by atoms with Gasteiger partial charge in [0.1, 0.15) is 0 Å². The second kappa shape index (κ2) is 10.4. The number of rotatable bonds is 5. The van der Waals surface area contributed by atoms with E-state index in [1.807, 2.05) is 11.8 Å². The molecule has 0 radical (unpaired) electrons. The fourth-order valence-corrected chi connectivity index (χ4v) is 3.03. The highest BCUT2D eigenvalue weighted by atomic mass is 35.5. The molecule has 9 heteroatoms. The van der Waals surface area contributed by atoms with Crippen molar-refractivity contribution in [2.24, 2.45) is 4.99 Å². The van der Waals surface area contributed by atoms with Crippen molar-refractivity contribution in [1.82, 2.24) is 20.4 Å². The van der Waals surface area contributed by atoms with Gasteiger partial charge < -0.3 is 20.4 Å². The van der Waals surface area contributed by atoms with Crippen LogP contribution >= 0.6 is 23.2 Å². The molecule has 27 heavy (non-hydrogen) atoms. The molecule has 0 spiro atoms. The van der Waals surface area contributed by atoms with Crippen molar-refractivity contribution in [3.05, 3.63) is 33.8 Å². The Morgan fingerprint density at radius 2 is 1.74 bits per heavy atom. The lowest BCUT2D eigenvalue weighted by Gasteiger charge is -2.36. The van der Waals surface area contributed by atoms with Crippen LogP contribution in [0, 0.1) is 0 Å². The Morgan fingerprint density at radius 1 is 1.07 bits per heavy atom. The van der Waals surface area contributed by atoms with Crippen molar-refractivity contribution in [1.29, 1.82) is 0 Å². The van der Waals surface area contributed by atoms with Crippen LogP contribution in [0.1, 0.15) is 24.2 Å². The van der Waals surface area contributed by atoms with E-state index in [1.54, 1.807) is 25.1 Å². The summed E-state index contributed by atoms with van der Waals surface area (Å²) in [5.41, 5.74) is 0.459. The zero-order valence-corrected chi connectivity index (χ0v) is 17.1. The number of benzene rings is 1. The summed E-state index contributed by atoms with van der Waals surface area (Å²) in [5, 5.41) is 6.84. The molecule has 0 bridgehead atoms. The van der Waals surface area contributed by atoms with Gasteiger partial charge >= 0.3 is 0 Å². The van der Waals surface area contributed by atoms with Crippen LogP contribution in [0.3, 0.4) is 0 Å². The highest BCUT2D eigenvalue weighted by Crippen LogP contribution is 2.22. The number of halogens is 2. The average Bonchev–Trinajstić information content (AvgIpc) is 2.66. The largest absolute Gasteiger partial charge is 0.357 e. The van der Waals surface area contributed by atoms with Gasteiger partial charge in [0.25, 0.3) is 5.91 Å². The van der Waals surface area contributed by atoms with E-state index < -0.39 is 0 Å². The minimum atomic E-state index is -0.219. The van der Waals surface area contributed by atoms with E-state index in [9.17, 15) is 9.59 Å². The predicted molar refractivity (Wildman–Crippen MR) is 109 cm³/mol. The maximum absolute atomic E-state index is 12.2. The Balaban J connectivity index is 1.85. The van der Waals surface area contributed by atoms with Crippen molar-refractivity contribution in [2.75, 3.05) is 45.8 Å². The van der Waals surface area contributed by atoms with Crippen molar-refractivity contribution in [2.45, 2.75) is 13.8 Å². The van der Waals surface area contributed by atoms with Gasteiger partial charge in [0, 0.05) is 51.8 Å². The molecule has 2 N–H and O–H groups in total. The van der Waals surface area contributed by atoms with E-state index in [2.05, 4.69) is 20.5 Å². The molecule has 0 atom stereocenters. The van der Waals surface area contributed by atoms with E-state index in [-0.39, 0.29) is 11.8 Å². The maximum Gasteiger partial charge on any atom is 0.251 e.